The van der Waals surface area contributed by atoms with E-state index in [4.69, 9.17) is 0 Å². The van der Waals surface area contributed by atoms with Crippen molar-refractivity contribution >= 4 is 22.6 Å². The van der Waals surface area contributed by atoms with Gasteiger partial charge >= 0.3 is 0 Å². The molecule has 0 unspecified atom stereocenters. The molecule has 1 aromatic carbocycles. The first-order chi connectivity index (χ1) is 8.38. The standard InChI is InChI=1S/C16H25I/c1-2-3-4-5-6-7-8-11-15-12-9-10-13-16(15)14-17/h9-10,12-13H,2-8,11,14H2,1H3. The molecule has 1 heteroatoms. The molecule has 0 saturated heterocycles. The summed E-state index contributed by atoms with van der Waals surface area (Å²) in [6.07, 6.45) is 11.1. The topological polar surface area (TPSA) is 0 Å². The molecule has 0 aliphatic heterocycles. The summed E-state index contributed by atoms with van der Waals surface area (Å²) in [7, 11) is 0. The first-order valence-electron chi connectivity index (χ1n) is 7.01. The average Bonchev–Trinajstić information content (AvgIpc) is 2.38. The highest BCUT2D eigenvalue weighted by Gasteiger charge is 1.99. The maximum atomic E-state index is 2.46. The number of alkyl halides is 1. The van der Waals surface area contributed by atoms with E-state index in [2.05, 4.69) is 53.8 Å². The summed E-state index contributed by atoms with van der Waals surface area (Å²) < 4.78 is 1.14. The Morgan fingerprint density at radius 2 is 1.41 bits per heavy atom. The number of hydrogen-bond donors (Lipinski definition) is 0. The molecule has 0 aromatic heterocycles. The Labute approximate surface area is 120 Å². The van der Waals surface area contributed by atoms with Gasteiger partial charge in [0, 0.05) is 4.43 Å². The third kappa shape index (κ3) is 6.44. The van der Waals surface area contributed by atoms with Crippen molar-refractivity contribution < 1.29 is 0 Å². The second-order valence-corrected chi connectivity index (χ2v) is 5.54. The summed E-state index contributed by atoms with van der Waals surface area (Å²) in [5.74, 6) is 0. The van der Waals surface area contributed by atoms with E-state index in [9.17, 15) is 0 Å². The molecule has 0 fully saturated rings. The number of aryl methyl sites for hydroxylation is 1. The SMILES string of the molecule is CCCCCCCCCc1ccccc1CI. The van der Waals surface area contributed by atoms with Gasteiger partial charge in [0.05, 0.1) is 0 Å². The molecule has 0 saturated carbocycles. The molecular weight excluding hydrogens is 319 g/mol. The number of halogens is 1. The van der Waals surface area contributed by atoms with Crippen molar-refractivity contribution in [1.82, 2.24) is 0 Å². The fourth-order valence-corrected chi connectivity index (χ4v) is 2.95. The first-order valence-corrected chi connectivity index (χ1v) is 8.53. The predicted molar refractivity (Wildman–Crippen MR) is 85.9 cm³/mol. The van der Waals surface area contributed by atoms with Crippen molar-refractivity contribution in [1.29, 1.82) is 0 Å². The highest BCUT2D eigenvalue weighted by Crippen LogP contribution is 2.16. The van der Waals surface area contributed by atoms with Gasteiger partial charge in [0.1, 0.15) is 0 Å². The van der Waals surface area contributed by atoms with Gasteiger partial charge in [-0.15, -0.1) is 0 Å². The monoisotopic (exact) mass is 344 g/mol. The van der Waals surface area contributed by atoms with Crippen LogP contribution in [0.4, 0.5) is 0 Å². The zero-order valence-electron chi connectivity index (χ0n) is 11.1. The second-order valence-electron chi connectivity index (χ2n) is 4.77. The van der Waals surface area contributed by atoms with E-state index in [-0.39, 0.29) is 0 Å². The zero-order valence-corrected chi connectivity index (χ0v) is 13.2. The van der Waals surface area contributed by atoms with Crippen molar-refractivity contribution in [3.63, 3.8) is 0 Å². The molecule has 0 bridgehead atoms. The summed E-state index contributed by atoms with van der Waals surface area (Å²) in [4.78, 5) is 0. The van der Waals surface area contributed by atoms with Gasteiger partial charge in [-0.25, -0.2) is 0 Å². The quantitative estimate of drug-likeness (QED) is 0.297. The highest BCUT2D eigenvalue weighted by molar-refractivity contribution is 14.1. The van der Waals surface area contributed by atoms with Crippen LogP contribution in [0, 0.1) is 0 Å². The van der Waals surface area contributed by atoms with E-state index < -0.39 is 0 Å². The average molecular weight is 344 g/mol. The fraction of sp³-hybridized carbons (Fsp3) is 0.625. The Kier molecular flexibility index (Phi) is 8.76. The van der Waals surface area contributed by atoms with E-state index in [1.165, 1.54) is 56.9 Å². The molecule has 0 radical (unpaired) electrons. The van der Waals surface area contributed by atoms with Crippen LogP contribution in [-0.2, 0) is 10.8 Å². The van der Waals surface area contributed by atoms with Gasteiger partial charge in [-0.05, 0) is 24.0 Å². The third-order valence-electron chi connectivity index (χ3n) is 3.31. The maximum Gasteiger partial charge on any atom is 0.0249 e. The molecule has 0 atom stereocenters. The normalized spacial score (nSPS) is 10.7. The van der Waals surface area contributed by atoms with Crippen LogP contribution in [0.1, 0.15) is 63.0 Å². The lowest BCUT2D eigenvalue weighted by Crippen LogP contribution is -1.91. The zero-order chi connectivity index (χ0) is 12.3. The highest BCUT2D eigenvalue weighted by atomic mass is 127. The lowest BCUT2D eigenvalue weighted by atomic mass is 10.0. The molecule has 0 heterocycles. The number of benzene rings is 1. The van der Waals surface area contributed by atoms with Gasteiger partial charge in [0.2, 0.25) is 0 Å². The number of rotatable bonds is 9. The molecule has 17 heavy (non-hydrogen) atoms. The Bertz CT molecular complexity index is 293. The summed E-state index contributed by atoms with van der Waals surface area (Å²) in [5.41, 5.74) is 3.09. The predicted octanol–water partition coefficient (Wildman–Crippen LogP) is 5.91. The number of unbranched alkanes of at least 4 members (excludes halogenated alkanes) is 6. The van der Waals surface area contributed by atoms with Crippen LogP contribution < -0.4 is 0 Å². The van der Waals surface area contributed by atoms with Crippen LogP contribution in [0.2, 0.25) is 0 Å². The van der Waals surface area contributed by atoms with Crippen molar-refractivity contribution in [2.75, 3.05) is 0 Å². The van der Waals surface area contributed by atoms with Crippen LogP contribution in [0.25, 0.3) is 0 Å². The Morgan fingerprint density at radius 1 is 0.824 bits per heavy atom. The first kappa shape index (κ1) is 15.0. The smallest absolute Gasteiger partial charge is 0.0249 e. The summed E-state index contributed by atoms with van der Waals surface area (Å²) in [6.45, 7) is 2.28. The fourth-order valence-electron chi connectivity index (χ4n) is 2.20. The summed E-state index contributed by atoms with van der Waals surface area (Å²) in [6, 6.07) is 8.89. The van der Waals surface area contributed by atoms with Gasteiger partial charge in [0.25, 0.3) is 0 Å². The van der Waals surface area contributed by atoms with E-state index in [0.717, 1.165) is 4.43 Å². The molecular formula is C16H25I. The molecule has 0 aliphatic carbocycles. The largest absolute Gasteiger partial charge is 0.0812 e. The summed E-state index contributed by atoms with van der Waals surface area (Å²) >= 11 is 2.46. The van der Waals surface area contributed by atoms with Gasteiger partial charge in [-0.1, -0.05) is 92.3 Å². The van der Waals surface area contributed by atoms with Crippen molar-refractivity contribution in [3.8, 4) is 0 Å². The van der Waals surface area contributed by atoms with Gasteiger partial charge in [0.15, 0.2) is 0 Å². The van der Waals surface area contributed by atoms with Crippen LogP contribution in [0.5, 0.6) is 0 Å². The molecule has 0 amide bonds. The lowest BCUT2D eigenvalue weighted by Gasteiger charge is -2.06. The van der Waals surface area contributed by atoms with Crippen molar-refractivity contribution in [2.45, 2.75) is 62.7 Å². The molecule has 96 valence electrons. The van der Waals surface area contributed by atoms with Crippen LogP contribution >= 0.6 is 22.6 Å². The second kappa shape index (κ2) is 9.93. The van der Waals surface area contributed by atoms with Gasteiger partial charge < -0.3 is 0 Å². The lowest BCUT2D eigenvalue weighted by molar-refractivity contribution is 0.589. The molecule has 0 spiro atoms. The molecule has 0 nitrogen and oxygen atoms in total. The van der Waals surface area contributed by atoms with E-state index in [1.807, 2.05) is 0 Å². The van der Waals surface area contributed by atoms with Crippen molar-refractivity contribution in [3.05, 3.63) is 35.4 Å². The third-order valence-corrected chi connectivity index (χ3v) is 4.13. The van der Waals surface area contributed by atoms with Crippen molar-refractivity contribution in [2.24, 2.45) is 0 Å². The minimum absolute atomic E-state index is 1.14. The van der Waals surface area contributed by atoms with E-state index in [1.54, 1.807) is 5.56 Å². The van der Waals surface area contributed by atoms with Crippen LogP contribution in [0.3, 0.4) is 0 Å². The van der Waals surface area contributed by atoms with Crippen LogP contribution in [0.15, 0.2) is 24.3 Å². The Balaban J connectivity index is 2.13. The van der Waals surface area contributed by atoms with Gasteiger partial charge in [-0.3, -0.25) is 0 Å². The van der Waals surface area contributed by atoms with E-state index >= 15 is 0 Å². The van der Waals surface area contributed by atoms with E-state index in [0.29, 0.717) is 0 Å². The molecule has 1 rings (SSSR count). The summed E-state index contributed by atoms with van der Waals surface area (Å²) in [5, 5.41) is 0. The molecule has 0 aliphatic rings. The Hall–Kier alpha value is -0.0500. The minimum Gasteiger partial charge on any atom is -0.0812 e. The molecule has 1 aromatic rings. The molecule has 0 N–H and O–H groups in total. The minimum atomic E-state index is 1.14. The number of hydrogen-bond acceptors (Lipinski definition) is 0. The van der Waals surface area contributed by atoms with Crippen LogP contribution in [-0.4, -0.2) is 0 Å². The van der Waals surface area contributed by atoms with Gasteiger partial charge in [-0.2, -0.15) is 0 Å². The Morgan fingerprint density at radius 3 is 2.06 bits per heavy atom. The maximum absolute atomic E-state index is 2.46.